The molecule has 1 unspecified atom stereocenters. The zero-order valence-corrected chi connectivity index (χ0v) is 5.64. The van der Waals surface area contributed by atoms with Crippen LogP contribution in [0, 0.1) is 5.92 Å². The van der Waals surface area contributed by atoms with Gasteiger partial charge >= 0.3 is 0 Å². The van der Waals surface area contributed by atoms with E-state index in [0.29, 0.717) is 6.61 Å². The molecule has 1 aliphatic rings. The van der Waals surface area contributed by atoms with Crippen LogP contribution in [-0.4, -0.2) is 23.6 Å². The highest BCUT2D eigenvalue weighted by Crippen LogP contribution is 2.15. The van der Waals surface area contributed by atoms with Crippen molar-refractivity contribution in [2.45, 2.75) is 6.42 Å². The molecule has 1 saturated heterocycles. The molecule has 1 fully saturated rings. The molecule has 0 aromatic carbocycles. The second-order valence-corrected chi connectivity index (χ2v) is 2.37. The van der Waals surface area contributed by atoms with E-state index in [9.17, 15) is 0 Å². The van der Waals surface area contributed by atoms with Gasteiger partial charge in [-0.25, -0.2) is 0 Å². The summed E-state index contributed by atoms with van der Waals surface area (Å²) >= 11 is 5.49. The first-order valence-electron chi connectivity index (χ1n) is 2.80. The largest absolute Gasteiger partial charge is 0.410 e. The highest BCUT2D eigenvalue weighted by atomic mass is 35.5. The quantitative estimate of drug-likeness (QED) is 0.344. The van der Waals surface area contributed by atoms with Crippen LogP contribution in [0.3, 0.4) is 0 Å². The maximum Gasteiger partial charge on any atom is 0.150 e. The standard InChI is InChI=1S/C5H8ClNO2/c6-5(7-8)4-1-2-9-3-4/h4,8H,1-3H2/b7-5-. The molecule has 4 heteroatoms. The molecule has 0 saturated carbocycles. The lowest BCUT2D eigenvalue weighted by Gasteiger charge is -1.99. The van der Waals surface area contributed by atoms with E-state index in [2.05, 4.69) is 5.16 Å². The lowest BCUT2D eigenvalue weighted by Crippen LogP contribution is -2.07. The molecule has 0 aromatic heterocycles. The Morgan fingerprint density at radius 1 is 1.78 bits per heavy atom. The van der Waals surface area contributed by atoms with Gasteiger partial charge in [-0.3, -0.25) is 0 Å². The molecule has 52 valence electrons. The van der Waals surface area contributed by atoms with Crippen LogP contribution in [0.4, 0.5) is 0 Å². The highest BCUT2D eigenvalue weighted by molar-refractivity contribution is 6.65. The van der Waals surface area contributed by atoms with E-state index in [-0.39, 0.29) is 11.1 Å². The predicted molar refractivity (Wildman–Crippen MR) is 34.0 cm³/mol. The lowest BCUT2D eigenvalue weighted by molar-refractivity contribution is 0.192. The van der Waals surface area contributed by atoms with E-state index in [4.69, 9.17) is 21.5 Å². The average molecular weight is 150 g/mol. The van der Waals surface area contributed by atoms with Gasteiger partial charge in [-0.1, -0.05) is 16.8 Å². The van der Waals surface area contributed by atoms with Crippen LogP contribution in [0.2, 0.25) is 0 Å². The zero-order valence-electron chi connectivity index (χ0n) is 4.88. The molecule has 1 heterocycles. The molecule has 1 aliphatic heterocycles. The Balaban J connectivity index is 2.42. The van der Waals surface area contributed by atoms with Crippen LogP contribution in [0.15, 0.2) is 5.16 Å². The molecular formula is C5H8ClNO2. The summed E-state index contributed by atoms with van der Waals surface area (Å²) in [4.78, 5) is 0. The first kappa shape index (κ1) is 6.83. The van der Waals surface area contributed by atoms with E-state index >= 15 is 0 Å². The zero-order chi connectivity index (χ0) is 6.69. The normalized spacial score (nSPS) is 29.0. The van der Waals surface area contributed by atoms with E-state index < -0.39 is 0 Å². The summed E-state index contributed by atoms with van der Waals surface area (Å²) in [7, 11) is 0. The van der Waals surface area contributed by atoms with Gasteiger partial charge in [-0.15, -0.1) is 0 Å². The number of rotatable bonds is 1. The topological polar surface area (TPSA) is 41.8 Å². The second kappa shape index (κ2) is 3.03. The average Bonchev–Trinajstić information content (AvgIpc) is 2.37. The minimum Gasteiger partial charge on any atom is -0.410 e. The monoisotopic (exact) mass is 149 g/mol. The van der Waals surface area contributed by atoms with E-state index in [1.165, 1.54) is 0 Å². The minimum atomic E-state index is 0.122. The first-order valence-corrected chi connectivity index (χ1v) is 3.17. The summed E-state index contributed by atoms with van der Waals surface area (Å²) in [5.74, 6) is 0.122. The SMILES string of the molecule is O/N=C(\Cl)C1CCOC1. The molecule has 0 bridgehead atoms. The number of hydrogen-bond acceptors (Lipinski definition) is 3. The second-order valence-electron chi connectivity index (χ2n) is 1.98. The minimum absolute atomic E-state index is 0.122. The van der Waals surface area contributed by atoms with Crippen LogP contribution in [0.25, 0.3) is 0 Å². The fraction of sp³-hybridized carbons (Fsp3) is 0.800. The first-order chi connectivity index (χ1) is 4.34. The van der Waals surface area contributed by atoms with Gasteiger partial charge in [0.2, 0.25) is 0 Å². The van der Waals surface area contributed by atoms with Crippen molar-refractivity contribution in [3.63, 3.8) is 0 Å². The fourth-order valence-corrected chi connectivity index (χ4v) is 0.976. The Labute approximate surface area is 58.3 Å². The Bertz CT molecular complexity index is 120. The van der Waals surface area contributed by atoms with Gasteiger partial charge in [0.05, 0.1) is 6.61 Å². The number of halogens is 1. The summed E-state index contributed by atoms with van der Waals surface area (Å²) in [5.41, 5.74) is 0. The highest BCUT2D eigenvalue weighted by Gasteiger charge is 2.20. The number of hydrogen-bond donors (Lipinski definition) is 1. The lowest BCUT2D eigenvalue weighted by atomic mass is 10.1. The Morgan fingerprint density at radius 2 is 2.56 bits per heavy atom. The van der Waals surface area contributed by atoms with Gasteiger partial charge in [0.1, 0.15) is 0 Å². The molecule has 1 rings (SSSR count). The summed E-state index contributed by atoms with van der Waals surface area (Å²) in [6.45, 7) is 1.30. The van der Waals surface area contributed by atoms with Crippen molar-refractivity contribution in [2.75, 3.05) is 13.2 Å². The molecule has 9 heavy (non-hydrogen) atoms. The van der Waals surface area contributed by atoms with Crippen molar-refractivity contribution in [3.05, 3.63) is 0 Å². The summed E-state index contributed by atoms with van der Waals surface area (Å²) in [6.07, 6.45) is 0.864. The van der Waals surface area contributed by atoms with Crippen LogP contribution >= 0.6 is 11.6 Å². The fourth-order valence-electron chi connectivity index (χ4n) is 0.804. The van der Waals surface area contributed by atoms with Crippen LogP contribution < -0.4 is 0 Å². The Hall–Kier alpha value is -0.280. The van der Waals surface area contributed by atoms with Gasteiger partial charge in [-0.05, 0) is 6.42 Å². The maximum absolute atomic E-state index is 8.20. The van der Waals surface area contributed by atoms with Gasteiger partial charge in [0, 0.05) is 12.5 Å². The van der Waals surface area contributed by atoms with Crippen molar-refractivity contribution >= 4 is 16.8 Å². The van der Waals surface area contributed by atoms with Crippen LogP contribution in [-0.2, 0) is 4.74 Å². The third-order valence-corrected chi connectivity index (χ3v) is 1.75. The van der Waals surface area contributed by atoms with Gasteiger partial charge < -0.3 is 9.94 Å². The Kier molecular flexibility index (Phi) is 2.30. The molecule has 0 radical (unpaired) electrons. The summed E-state index contributed by atoms with van der Waals surface area (Å²) in [6, 6.07) is 0. The third kappa shape index (κ3) is 1.56. The molecule has 3 nitrogen and oxygen atoms in total. The van der Waals surface area contributed by atoms with Crippen molar-refractivity contribution in [1.29, 1.82) is 0 Å². The van der Waals surface area contributed by atoms with E-state index in [1.54, 1.807) is 0 Å². The molecule has 0 aliphatic carbocycles. The smallest absolute Gasteiger partial charge is 0.150 e. The predicted octanol–water partition coefficient (Wildman–Crippen LogP) is 1.05. The number of ether oxygens (including phenoxy) is 1. The maximum atomic E-state index is 8.20. The molecule has 0 spiro atoms. The van der Waals surface area contributed by atoms with Gasteiger partial charge in [-0.2, -0.15) is 0 Å². The van der Waals surface area contributed by atoms with E-state index in [1.807, 2.05) is 0 Å². The molecule has 1 atom stereocenters. The third-order valence-electron chi connectivity index (χ3n) is 1.36. The number of nitrogens with zero attached hydrogens (tertiary/aromatic N) is 1. The Morgan fingerprint density at radius 3 is 3.00 bits per heavy atom. The molecule has 1 N–H and O–H groups in total. The van der Waals surface area contributed by atoms with Crippen molar-refractivity contribution in [2.24, 2.45) is 11.1 Å². The summed E-state index contributed by atoms with van der Waals surface area (Å²) in [5, 5.41) is 11.3. The van der Waals surface area contributed by atoms with Crippen molar-refractivity contribution in [1.82, 2.24) is 0 Å². The van der Waals surface area contributed by atoms with Crippen molar-refractivity contribution < 1.29 is 9.94 Å². The molecule has 0 amide bonds. The summed E-state index contributed by atoms with van der Waals surface area (Å²) < 4.78 is 5.00. The van der Waals surface area contributed by atoms with Gasteiger partial charge in [0.15, 0.2) is 5.17 Å². The van der Waals surface area contributed by atoms with Crippen LogP contribution in [0.1, 0.15) is 6.42 Å². The van der Waals surface area contributed by atoms with E-state index in [0.717, 1.165) is 13.0 Å². The molecule has 0 aromatic rings. The van der Waals surface area contributed by atoms with Crippen molar-refractivity contribution in [3.8, 4) is 0 Å². The van der Waals surface area contributed by atoms with Crippen LogP contribution in [0.5, 0.6) is 0 Å². The number of oxime groups is 1. The van der Waals surface area contributed by atoms with Gasteiger partial charge in [0.25, 0.3) is 0 Å². The molecular weight excluding hydrogens is 142 g/mol.